The summed E-state index contributed by atoms with van der Waals surface area (Å²) in [4.78, 5) is 30.3. The van der Waals surface area contributed by atoms with Crippen molar-refractivity contribution >= 4 is 22.8 Å². The minimum absolute atomic E-state index is 0.238. The van der Waals surface area contributed by atoms with Gasteiger partial charge in [0.25, 0.3) is 5.91 Å². The zero-order valence-corrected chi connectivity index (χ0v) is 16.0. The number of benzene rings is 1. The van der Waals surface area contributed by atoms with Crippen LogP contribution < -0.4 is 10.2 Å². The summed E-state index contributed by atoms with van der Waals surface area (Å²) in [7, 11) is 2.16. The van der Waals surface area contributed by atoms with Crippen LogP contribution in [-0.2, 0) is 6.54 Å². The minimum Gasteiger partial charge on any atom is -0.355 e. The maximum Gasteiger partial charge on any atom is 0.271 e. The third-order valence-electron chi connectivity index (χ3n) is 4.99. The first-order valence-corrected chi connectivity index (χ1v) is 9.57. The molecule has 0 atom stereocenters. The summed E-state index contributed by atoms with van der Waals surface area (Å²) in [6, 6.07) is 11.6. The number of nitrogens with zero attached hydrogens (tertiary/aromatic N) is 5. The fraction of sp³-hybridized carbons (Fsp3) is 0.333. The lowest BCUT2D eigenvalue weighted by molar-refractivity contribution is 0.0946. The van der Waals surface area contributed by atoms with Crippen molar-refractivity contribution in [2.75, 3.05) is 38.1 Å². The van der Waals surface area contributed by atoms with E-state index in [0.29, 0.717) is 17.8 Å². The summed E-state index contributed by atoms with van der Waals surface area (Å²) in [5.74, 6) is 0.753. The Morgan fingerprint density at radius 1 is 1.00 bits per heavy atom. The average molecular weight is 376 g/mol. The van der Waals surface area contributed by atoms with Crippen molar-refractivity contribution in [3.8, 4) is 0 Å². The summed E-state index contributed by atoms with van der Waals surface area (Å²) < 4.78 is 0. The second-order valence-electron chi connectivity index (χ2n) is 7.10. The highest BCUT2D eigenvalue weighted by Gasteiger charge is 2.14. The van der Waals surface area contributed by atoms with Crippen molar-refractivity contribution in [1.29, 1.82) is 0 Å². The van der Waals surface area contributed by atoms with E-state index in [9.17, 15) is 4.79 Å². The number of carbonyl (C=O) groups excluding carboxylic acids is 1. The summed E-state index contributed by atoms with van der Waals surface area (Å²) in [6.45, 7) is 4.59. The van der Waals surface area contributed by atoms with Gasteiger partial charge in [0.1, 0.15) is 11.5 Å². The number of nitrogens with one attached hydrogen (secondary N) is 1. The third kappa shape index (κ3) is 4.26. The van der Waals surface area contributed by atoms with Gasteiger partial charge in [-0.25, -0.2) is 9.97 Å². The van der Waals surface area contributed by atoms with Gasteiger partial charge < -0.3 is 15.1 Å². The molecular formula is C21H24N6O. The Bertz CT molecular complexity index is 959. The molecule has 1 amide bonds. The van der Waals surface area contributed by atoms with Crippen LogP contribution in [0.15, 0.2) is 48.8 Å². The summed E-state index contributed by atoms with van der Waals surface area (Å²) in [5.41, 5.74) is 2.76. The van der Waals surface area contributed by atoms with Gasteiger partial charge in [-0.15, -0.1) is 0 Å². The second-order valence-corrected chi connectivity index (χ2v) is 7.10. The number of aromatic nitrogens is 3. The molecule has 1 aliphatic rings. The molecule has 1 saturated heterocycles. The Kier molecular flexibility index (Phi) is 5.43. The second kappa shape index (κ2) is 8.31. The monoisotopic (exact) mass is 376 g/mol. The highest BCUT2D eigenvalue weighted by Crippen LogP contribution is 2.14. The first-order chi connectivity index (χ1) is 13.7. The number of amides is 1. The molecule has 0 saturated carbocycles. The molecule has 3 aromatic rings. The molecule has 1 fully saturated rings. The van der Waals surface area contributed by atoms with E-state index >= 15 is 0 Å². The fourth-order valence-corrected chi connectivity index (χ4v) is 3.32. The van der Waals surface area contributed by atoms with E-state index in [1.165, 1.54) is 6.20 Å². The van der Waals surface area contributed by atoms with E-state index in [4.69, 9.17) is 0 Å². The van der Waals surface area contributed by atoms with Gasteiger partial charge in [0.05, 0.1) is 17.2 Å². The fourth-order valence-electron chi connectivity index (χ4n) is 3.32. The smallest absolute Gasteiger partial charge is 0.271 e. The summed E-state index contributed by atoms with van der Waals surface area (Å²) in [5, 5.41) is 2.89. The van der Waals surface area contributed by atoms with Crippen molar-refractivity contribution < 1.29 is 4.79 Å². The highest BCUT2D eigenvalue weighted by molar-refractivity contribution is 5.93. The quantitative estimate of drug-likeness (QED) is 0.752. The number of anilines is 1. The van der Waals surface area contributed by atoms with Crippen molar-refractivity contribution in [3.63, 3.8) is 0 Å². The maximum atomic E-state index is 12.4. The molecule has 0 unspecified atom stereocenters. The van der Waals surface area contributed by atoms with E-state index in [2.05, 4.69) is 37.1 Å². The number of hydrogen-bond acceptors (Lipinski definition) is 6. The maximum absolute atomic E-state index is 12.4. The molecule has 144 valence electrons. The molecule has 1 N–H and O–H groups in total. The van der Waals surface area contributed by atoms with Gasteiger partial charge in [0.2, 0.25) is 0 Å². The van der Waals surface area contributed by atoms with Gasteiger partial charge in [-0.1, -0.05) is 18.2 Å². The number of fused-ring (bicyclic) bond motifs is 1. The number of rotatable bonds is 4. The first kappa shape index (κ1) is 18.3. The molecule has 1 aromatic carbocycles. The van der Waals surface area contributed by atoms with E-state index < -0.39 is 0 Å². The number of hydrogen-bond donors (Lipinski definition) is 1. The molecule has 0 spiro atoms. The van der Waals surface area contributed by atoms with Crippen LogP contribution in [0.25, 0.3) is 11.0 Å². The molecule has 4 rings (SSSR count). The molecule has 7 heteroatoms. The Hall–Kier alpha value is -3.06. The van der Waals surface area contributed by atoms with Crippen LogP contribution in [0.1, 0.15) is 22.5 Å². The van der Waals surface area contributed by atoms with Gasteiger partial charge in [-0.3, -0.25) is 9.78 Å². The van der Waals surface area contributed by atoms with E-state index in [1.54, 1.807) is 0 Å². The zero-order chi connectivity index (χ0) is 19.3. The van der Waals surface area contributed by atoms with Gasteiger partial charge in [0.15, 0.2) is 0 Å². The lowest BCUT2D eigenvalue weighted by Gasteiger charge is -2.21. The number of carbonyl (C=O) groups is 1. The van der Waals surface area contributed by atoms with E-state index in [1.807, 2.05) is 42.6 Å². The number of para-hydroxylation sites is 2. The normalized spacial score (nSPS) is 15.4. The molecule has 7 nitrogen and oxygen atoms in total. The lowest BCUT2D eigenvalue weighted by Crippen LogP contribution is -2.29. The van der Waals surface area contributed by atoms with Crippen molar-refractivity contribution in [2.24, 2.45) is 0 Å². The topological polar surface area (TPSA) is 74.2 Å². The van der Waals surface area contributed by atoms with Crippen LogP contribution >= 0.6 is 0 Å². The summed E-state index contributed by atoms with van der Waals surface area (Å²) >= 11 is 0. The van der Waals surface area contributed by atoms with Gasteiger partial charge in [-0.2, -0.15) is 0 Å². The van der Waals surface area contributed by atoms with Crippen LogP contribution in [0.4, 0.5) is 5.82 Å². The van der Waals surface area contributed by atoms with Crippen LogP contribution in [0.2, 0.25) is 0 Å². The SMILES string of the molecule is CN1CCCN(c2ccc(CNC(=O)c3cnc4ccccc4n3)cn2)CC1. The highest BCUT2D eigenvalue weighted by atomic mass is 16.1. The van der Waals surface area contributed by atoms with Crippen molar-refractivity contribution in [1.82, 2.24) is 25.2 Å². The molecule has 28 heavy (non-hydrogen) atoms. The molecule has 0 radical (unpaired) electrons. The molecule has 2 aromatic heterocycles. The Morgan fingerprint density at radius 2 is 1.86 bits per heavy atom. The van der Waals surface area contributed by atoms with Crippen molar-refractivity contribution in [3.05, 3.63) is 60.0 Å². The predicted molar refractivity (Wildman–Crippen MR) is 109 cm³/mol. The molecule has 0 aliphatic carbocycles. The van der Waals surface area contributed by atoms with Crippen LogP contribution in [0.5, 0.6) is 0 Å². The van der Waals surface area contributed by atoms with Crippen LogP contribution in [0, 0.1) is 0 Å². The lowest BCUT2D eigenvalue weighted by atomic mass is 10.2. The molecular weight excluding hydrogens is 352 g/mol. The van der Waals surface area contributed by atoms with Crippen LogP contribution in [0.3, 0.4) is 0 Å². The minimum atomic E-state index is -0.238. The predicted octanol–water partition coefficient (Wildman–Crippen LogP) is 2.10. The number of pyridine rings is 1. The standard InChI is InChI=1S/C21H24N6O/c1-26-9-4-10-27(12-11-26)20-8-7-16(13-23-20)14-24-21(28)19-15-22-17-5-2-3-6-18(17)25-19/h2-3,5-8,13,15H,4,9-12,14H2,1H3,(H,24,28). The van der Waals surface area contributed by atoms with Crippen molar-refractivity contribution in [2.45, 2.75) is 13.0 Å². The Balaban J connectivity index is 1.37. The molecule has 1 aliphatic heterocycles. The van der Waals surface area contributed by atoms with Gasteiger partial charge >= 0.3 is 0 Å². The Morgan fingerprint density at radius 3 is 2.68 bits per heavy atom. The third-order valence-corrected chi connectivity index (χ3v) is 4.99. The van der Waals surface area contributed by atoms with E-state index in [0.717, 1.165) is 49.5 Å². The van der Waals surface area contributed by atoms with Crippen LogP contribution in [-0.4, -0.2) is 59.0 Å². The summed E-state index contributed by atoms with van der Waals surface area (Å²) in [6.07, 6.45) is 4.48. The zero-order valence-electron chi connectivity index (χ0n) is 16.0. The molecule has 0 bridgehead atoms. The average Bonchev–Trinajstić information content (AvgIpc) is 2.96. The molecule has 3 heterocycles. The van der Waals surface area contributed by atoms with Gasteiger partial charge in [-0.05, 0) is 43.8 Å². The van der Waals surface area contributed by atoms with Gasteiger partial charge in [0, 0.05) is 32.4 Å². The largest absolute Gasteiger partial charge is 0.355 e. The first-order valence-electron chi connectivity index (χ1n) is 9.57. The van der Waals surface area contributed by atoms with E-state index in [-0.39, 0.29) is 5.91 Å². The number of likely N-dealkylation sites (N-methyl/N-ethyl adjacent to an activating group) is 1. The Labute approximate surface area is 164 Å².